The summed E-state index contributed by atoms with van der Waals surface area (Å²) in [7, 11) is 0. The Morgan fingerprint density at radius 1 is 0.926 bits per heavy atom. The number of imidazole rings is 1. The second kappa shape index (κ2) is 7.24. The van der Waals surface area contributed by atoms with E-state index in [1.807, 2.05) is 48.9 Å². The number of benzene rings is 1. The molecular formula is C22H25N5. The molecule has 1 aromatic carbocycles. The summed E-state index contributed by atoms with van der Waals surface area (Å²) in [5, 5.41) is 0. The van der Waals surface area contributed by atoms with Crippen molar-refractivity contribution in [1.29, 1.82) is 0 Å². The molecule has 27 heavy (non-hydrogen) atoms. The van der Waals surface area contributed by atoms with Gasteiger partial charge in [0.2, 0.25) is 0 Å². The summed E-state index contributed by atoms with van der Waals surface area (Å²) >= 11 is 0. The van der Waals surface area contributed by atoms with Crippen LogP contribution in [0, 0.1) is 5.92 Å². The minimum atomic E-state index is 0.510. The lowest BCUT2D eigenvalue weighted by atomic mass is 9.97. The summed E-state index contributed by atoms with van der Waals surface area (Å²) in [6.07, 6.45) is 11.0. The number of piperidine rings is 1. The Morgan fingerprint density at radius 2 is 1.74 bits per heavy atom. The average Bonchev–Trinajstić information content (AvgIpc) is 3.40. The van der Waals surface area contributed by atoms with E-state index >= 15 is 0 Å². The molecule has 1 saturated heterocycles. The highest BCUT2D eigenvalue weighted by Crippen LogP contribution is 2.33. The molecule has 3 aromatic rings. The first-order chi connectivity index (χ1) is 13.3. The normalized spacial score (nSPS) is 20.7. The number of aromatic nitrogens is 4. The maximum absolute atomic E-state index is 4.69. The first kappa shape index (κ1) is 16.6. The van der Waals surface area contributed by atoms with Crippen LogP contribution in [0.25, 0.3) is 22.6 Å². The van der Waals surface area contributed by atoms with Crippen molar-refractivity contribution in [3.63, 3.8) is 0 Å². The second-order valence-corrected chi connectivity index (χ2v) is 7.89. The van der Waals surface area contributed by atoms with E-state index in [1.54, 1.807) is 0 Å². The van der Waals surface area contributed by atoms with Crippen LogP contribution >= 0.6 is 0 Å². The number of hydrogen-bond donors (Lipinski definition) is 1. The first-order valence-corrected chi connectivity index (χ1v) is 10.0. The summed E-state index contributed by atoms with van der Waals surface area (Å²) in [4.78, 5) is 19.9. The summed E-state index contributed by atoms with van der Waals surface area (Å²) in [5.74, 6) is 3.33. The molecule has 1 saturated carbocycles. The van der Waals surface area contributed by atoms with E-state index in [4.69, 9.17) is 0 Å². The predicted molar refractivity (Wildman–Crippen MR) is 106 cm³/mol. The average molecular weight is 359 g/mol. The van der Waals surface area contributed by atoms with Crippen LogP contribution in [0.15, 0.2) is 48.9 Å². The quantitative estimate of drug-likeness (QED) is 0.744. The van der Waals surface area contributed by atoms with Gasteiger partial charge in [-0.15, -0.1) is 0 Å². The van der Waals surface area contributed by atoms with Crippen molar-refractivity contribution in [3.05, 3.63) is 54.7 Å². The van der Waals surface area contributed by atoms with Gasteiger partial charge < -0.3 is 9.88 Å². The van der Waals surface area contributed by atoms with Gasteiger partial charge in [0.15, 0.2) is 5.82 Å². The Bertz CT molecular complexity index is 883. The molecule has 2 fully saturated rings. The Hall–Kier alpha value is -2.53. The topological polar surface area (TPSA) is 57.7 Å². The highest BCUT2D eigenvalue weighted by Gasteiger charge is 2.29. The van der Waals surface area contributed by atoms with Gasteiger partial charge in [-0.3, -0.25) is 0 Å². The standard InChI is InChI=1S/C22H25N5/c1-2-5-17(6-3-1)21-23-11-19(12-24-21)20-13-25-22(26-20)18-7-4-10-27(15-18)14-16-8-9-16/h1-3,5-6,11-13,16,18H,4,7-10,14-15H2,(H,25,26). The zero-order valence-electron chi connectivity index (χ0n) is 15.5. The molecule has 5 rings (SSSR count). The molecule has 0 bridgehead atoms. The van der Waals surface area contributed by atoms with Gasteiger partial charge >= 0.3 is 0 Å². The van der Waals surface area contributed by atoms with Gasteiger partial charge in [-0.25, -0.2) is 15.0 Å². The Kier molecular flexibility index (Phi) is 4.46. The largest absolute Gasteiger partial charge is 0.342 e. The van der Waals surface area contributed by atoms with E-state index in [-0.39, 0.29) is 0 Å². The Labute approximate surface area is 159 Å². The maximum atomic E-state index is 4.69. The number of rotatable bonds is 5. The van der Waals surface area contributed by atoms with Gasteiger partial charge in [-0.05, 0) is 38.1 Å². The minimum Gasteiger partial charge on any atom is -0.342 e. The van der Waals surface area contributed by atoms with Crippen LogP contribution in [0.1, 0.15) is 37.4 Å². The third kappa shape index (κ3) is 3.78. The monoisotopic (exact) mass is 359 g/mol. The summed E-state index contributed by atoms with van der Waals surface area (Å²) in [5.41, 5.74) is 3.02. The fraction of sp³-hybridized carbons (Fsp3) is 0.409. The lowest BCUT2D eigenvalue weighted by Crippen LogP contribution is -2.36. The van der Waals surface area contributed by atoms with Crippen LogP contribution in [0.5, 0.6) is 0 Å². The second-order valence-electron chi connectivity index (χ2n) is 7.89. The first-order valence-electron chi connectivity index (χ1n) is 10.0. The Balaban J connectivity index is 1.30. The van der Waals surface area contributed by atoms with Crippen molar-refractivity contribution in [3.8, 4) is 22.6 Å². The molecule has 1 unspecified atom stereocenters. The number of nitrogens with zero attached hydrogens (tertiary/aromatic N) is 4. The van der Waals surface area contributed by atoms with Crippen molar-refractivity contribution in [1.82, 2.24) is 24.8 Å². The number of aromatic amines is 1. The van der Waals surface area contributed by atoms with Crippen molar-refractivity contribution < 1.29 is 0 Å². The lowest BCUT2D eigenvalue weighted by molar-refractivity contribution is 0.197. The molecule has 3 heterocycles. The molecule has 2 aromatic heterocycles. The minimum absolute atomic E-state index is 0.510. The summed E-state index contributed by atoms with van der Waals surface area (Å²) < 4.78 is 0. The van der Waals surface area contributed by atoms with Crippen molar-refractivity contribution in [2.24, 2.45) is 5.92 Å². The fourth-order valence-corrected chi connectivity index (χ4v) is 4.00. The molecule has 2 aliphatic rings. The van der Waals surface area contributed by atoms with Gasteiger partial charge in [-0.1, -0.05) is 30.3 Å². The zero-order chi connectivity index (χ0) is 18.1. The third-order valence-electron chi connectivity index (χ3n) is 5.70. The smallest absolute Gasteiger partial charge is 0.159 e. The van der Waals surface area contributed by atoms with Crippen LogP contribution in [-0.2, 0) is 0 Å². The number of likely N-dealkylation sites (tertiary alicyclic amines) is 1. The fourth-order valence-electron chi connectivity index (χ4n) is 4.00. The molecule has 138 valence electrons. The summed E-state index contributed by atoms with van der Waals surface area (Å²) in [6, 6.07) is 10.1. The zero-order valence-corrected chi connectivity index (χ0v) is 15.5. The maximum Gasteiger partial charge on any atom is 0.159 e. The molecule has 1 atom stereocenters. The predicted octanol–water partition coefficient (Wildman–Crippen LogP) is 4.12. The molecule has 5 heteroatoms. The third-order valence-corrected chi connectivity index (χ3v) is 5.70. The molecule has 0 amide bonds. The van der Waals surface area contributed by atoms with Gasteiger partial charge in [0.25, 0.3) is 0 Å². The molecule has 1 aliphatic carbocycles. The van der Waals surface area contributed by atoms with Crippen LogP contribution < -0.4 is 0 Å². The highest BCUT2D eigenvalue weighted by molar-refractivity contribution is 5.60. The van der Waals surface area contributed by atoms with E-state index < -0.39 is 0 Å². The van der Waals surface area contributed by atoms with E-state index in [0.29, 0.717) is 5.92 Å². The SMILES string of the molecule is c1ccc(-c2ncc(-c3cnc(C4CCCN(CC5CC5)C4)[nH]3)cn2)cc1. The van der Waals surface area contributed by atoms with Crippen molar-refractivity contribution in [2.45, 2.75) is 31.6 Å². The van der Waals surface area contributed by atoms with Crippen LogP contribution in [0.4, 0.5) is 0 Å². The van der Waals surface area contributed by atoms with Crippen LogP contribution in [0.3, 0.4) is 0 Å². The van der Waals surface area contributed by atoms with E-state index in [9.17, 15) is 0 Å². The molecular weight excluding hydrogens is 334 g/mol. The van der Waals surface area contributed by atoms with Gasteiger partial charge in [-0.2, -0.15) is 0 Å². The molecule has 0 radical (unpaired) electrons. The van der Waals surface area contributed by atoms with Crippen molar-refractivity contribution >= 4 is 0 Å². The number of hydrogen-bond acceptors (Lipinski definition) is 4. The van der Waals surface area contributed by atoms with E-state index in [1.165, 1.54) is 38.8 Å². The van der Waals surface area contributed by atoms with E-state index in [2.05, 4.69) is 24.8 Å². The van der Waals surface area contributed by atoms with Crippen LogP contribution in [-0.4, -0.2) is 44.5 Å². The summed E-state index contributed by atoms with van der Waals surface area (Å²) in [6.45, 7) is 3.65. The Morgan fingerprint density at radius 3 is 2.52 bits per heavy atom. The van der Waals surface area contributed by atoms with Crippen molar-refractivity contribution in [2.75, 3.05) is 19.6 Å². The molecule has 1 N–H and O–H groups in total. The van der Waals surface area contributed by atoms with E-state index in [0.717, 1.165) is 40.9 Å². The van der Waals surface area contributed by atoms with Gasteiger partial charge in [0.05, 0.1) is 11.9 Å². The molecule has 0 spiro atoms. The van der Waals surface area contributed by atoms with Gasteiger partial charge in [0.1, 0.15) is 5.82 Å². The molecule has 1 aliphatic heterocycles. The molecule has 5 nitrogen and oxygen atoms in total. The van der Waals surface area contributed by atoms with Gasteiger partial charge in [0, 0.05) is 42.5 Å². The number of H-pyrrole nitrogens is 1. The highest BCUT2D eigenvalue weighted by atomic mass is 15.1. The lowest BCUT2D eigenvalue weighted by Gasteiger charge is -2.31. The van der Waals surface area contributed by atoms with Crippen LogP contribution in [0.2, 0.25) is 0 Å². The number of nitrogens with one attached hydrogen (secondary N) is 1.